The van der Waals surface area contributed by atoms with Crippen LogP contribution in [0.15, 0.2) is 24.3 Å². The van der Waals surface area contributed by atoms with Gasteiger partial charge in [-0.3, -0.25) is 19.8 Å². The minimum atomic E-state index is -0.369. The van der Waals surface area contributed by atoms with E-state index in [0.717, 1.165) is 44.6 Å². The second kappa shape index (κ2) is 8.06. The van der Waals surface area contributed by atoms with Crippen molar-refractivity contribution in [2.24, 2.45) is 5.92 Å². The molecule has 1 saturated heterocycles. The third-order valence-electron chi connectivity index (χ3n) is 4.46. The summed E-state index contributed by atoms with van der Waals surface area (Å²) in [4.78, 5) is 27.1. The predicted molar refractivity (Wildman–Crippen MR) is 89.0 cm³/mol. The molecule has 0 N–H and O–H groups in total. The van der Waals surface area contributed by atoms with E-state index in [-0.39, 0.29) is 22.4 Å². The molecule has 1 aliphatic rings. The van der Waals surface area contributed by atoms with E-state index in [4.69, 9.17) is 0 Å². The molecular formula is C17H25N3O3. The van der Waals surface area contributed by atoms with Crippen molar-refractivity contribution in [2.45, 2.75) is 33.2 Å². The first kappa shape index (κ1) is 17.4. The minimum absolute atomic E-state index is 0.0438. The van der Waals surface area contributed by atoms with Crippen molar-refractivity contribution in [1.82, 2.24) is 9.80 Å². The van der Waals surface area contributed by atoms with Gasteiger partial charge in [0.15, 0.2) is 0 Å². The van der Waals surface area contributed by atoms with Crippen LogP contribution in [-0.4, -0.2) is 46.8 Å². The summed E-state index contributed by atoms with van der Waals surface area (Å²) in [6.45, 7) is 7.83. The smallest absolute Gasteiger partial charge is 0.269 e. The summed E-state index contributed by atoms with van der Waals surface area (Å²) in [5.41, 5.74) is 1.05. The summed E-state index contributed by atoms with van der Waals surface area (Å²) in [6, 6.07) is 6.75. The Morgan fingerprint density at radius 3 is 2.78 bits per heavy atom. The van der Waals surface area contributed by atoms with Crippen LogP contribution >= 0.6 is 0 Å². The van der Waals surface area contributed by atoms with Crippen molar-refractivity contribution in [3.05, 3.63) is 39.9 Å². The standard InChI is InChI=1S/C17H25N3O3/c1-3-19(4-2)17(21)15-8-6-10-18(13-15)12-14-7-5-9-16(11-14)20(22)23/h5,7,9,11,15H,3-4,6,8,10,12-13H2,1-2H3/t15-/m1/s1. The molecule has 1 fully saturated rings. The van der Waals surface area contributed by atoms with Gasteiger partial charge in [0.1, 0.15) is 0 Å². The monoisotopic (exact) mass is 319 g/mol. The first-order valence-corrected chi connectivity index (χ1v) is 8.29. The number of nitrogens with zero attached hydrogens (tertiary/aromatic N) is 3. The van der Waals surface area contributed by atoms with Gasteiger partial charge in [-0.05, 0) is 38.8 Å². The molecule has 0 saturated carbocycles. The van der Waals surface area contributed by atoms with Crippen LogP contribution in [0.4, 0.5) is 5.69 Å². The second-order valence-corrected chi connectivity index (χ2v) is 6.01. The van der Waals surface area contributed by atoms with Crippen LogP contribution in [0, 0.1) is 16.0 Å². The average Bonchev–Trinajstić information content (AvgIpc) is 2.56. The zero-order valence-corrected chi connectivity index (χ0v) is 13.9. The Kier molecular flexibility index (Phi) is 6.10. The number of likely N-dealkylation sites (tertiary alicyclic amines) is 1. The van der Waals surface area contributed by atoms with E-state index in [1.54, 1.807) is 12.1 Å². The molecule has 1 atom stereocenters. The van der Waals surface area contributed by atoms with Crippen molar-refractivity contribution >= 4 is 11.6 Å². The van der Waals surface area contributed by atoms with E-state index in [1.165, 1.54) is 6.07 Å². The Morgan fingerprint density at radius 2 is 2.13 bits per heavy atom. The molecule has 1 heterocycles. The highest BCUT2D eigenvalue weighted by atomic mass is 16.6. The highest BCUT2D eigenvalue weighted by Crippen LogP contribution is 2.22. The maximum absolute atomic E-state index is 12.5. The van der Waals surface area contributed by atoms with Crippen LogP contribution in [0.1, 0.15) is 32.3 Å². The van der Waals surface area contributed by atoms with E-state index in [2.05, 4.69) is 4.90 Å². The number of hydrogen-bond acceptors (Lipinski definition) is 4. The summed E-state index contributed by atoms with van der Waals surface area (Å²) < 4.78 is 0. The Morgan fingerprint density at radius 1 is 1.39 bits per heavy atom. The lowest BCUT2D eigenvalue weighted by molar-refractivity contribution is -0.384. The van der Waals surface area contributed by atoms with Gasteiger partial charge >= 0.3 is 0 Å². The number of carbonyl (C=O) groups is 1. The molecule has 1 aliphatic heterocycles. The number of carbonyl (C=O) groups excluding carboxylic acids is 1. The van der Waals surface area contributed by atoms with Gasteiger partial charge in [-0.1, -0.05) is 12.1 Å². The molecule has 23 heavy (non-hydrogen) atoms. The second-order valence-electron chi connectivity index (χ2n) is 6.01. The van der Waals surface area contributed by atoms with Crippen molar-refractivity contribution in [1.29, 1.82) is 0 Å². The number of nitro benzene ring substituents is 1. The molecule has 1 aromatic rings. The summed E-state index contributed by atoms with van der Waals surface area (Å²) in [5, 5.41) is 10.9. The lowest BCUT2D eigenvalue weighted by atomic mass is 9.96. The lowest BCUT2D eigenvalue weighted by Crippen LogP contribution is -2.44. The van der Waals surface area contributed by atoms with Gasteiger partial charge in [-0.2, -0.15) is 0 Å². The number of amides is 1. The quantitative estimate of drug-likeness (QED) is 0.597. The number of benzene rings is 1. The van der Waals surface area contributed by atoms with Gasteiger partial charge in [0.25, 0.3) is 5.69 Å². The zero-order valence-electron chi connectivity index (χ0n) is 13.9. The summed E-state index contributed by atoms with van der Waals surface area (Å²) in [6.07, 6.45) is 1.92. The van der Waals surface area contributed by atoms with Crippen LogP contribution in [0.2, 0.25) is 0 Å². The van der Waals surface area contributed by atoms with E-state index in [1.807, 2.05) is 24.8 Å². The van der Waals surface area contributed by atoms with Crippen molar-refractivity contribution < 1.29 is 9.72 Å². The molecule has 0 spiro atoms. The van der Waals surface area contributed by atoms with Crippen molar-refractivity contribution in [3.8, 4) is 0 Å². The number of nitro groups is 1. The largest absolute Gasteiger partial charge is 0.343 e. The van der Waals surface area contributed by atoms with Gasteiger partial charge in [-0.25, -0.2) is 0 Å². The highest BCUT2D eigenvalue weighted by Gasteiger charge is 2.28. The SMILES string of the molecule is CCN(CC)C(=O)[C@@H]1CCCN(Cc2cccc([N+](=O)[O-])c2)C1. The Labute approximate surface area is 137 Å². The third kappa shape index (κ3) is 4.51. The van der Waals surface area contributed by atoms with Gasteiger partial charge in [-0.15, -0.1) is 0 Å². The molecule has 2 rings (SSSR count). The Bertz CT molecular complexity index is 558. The molecule has 0 bridgehead atoms. The zero-order chi connectivity index (χ0) is 16.8. The maximum Gasteiger partial charge on any atom is 0.269 e. The maximum atomic E-state index is 12.5. The topological polar surface area (TPSA) is 66.7 Å². The lowest BCUT2D eigenvalue weighted by Gasteiger charge is -2.34. The molecule has 1 aromatic carbocycles. The van der Waals surface area contributed by atoms with E-state index < -0.39 is 0 Å². The van der Waals surface area contributed by atoms with Gasteiger partial charge in [0.2, 0.25) is 5.91 Å². The summed E-state index contributed by atoms with van der Waals surface area (Å²) >= 11 is 0. The Balaban J connectivity index is 2.00. The fourth-order valence-electron chi connectivity index (χ4n) is 3.22. The Hall–Kier alpha value is -1.95. The van der Waals surface area contributed by atoms with Crippen LogP contribution in [0.25, 0.3) is 0 Å². The fourth-order valence-corrected chi connectivity index (χ4v) is 3.22. The number of non-ortho nitro benzene ring substituents is 1. The predicted octanol–water partition coefficient (Wildman–Crippen LogP) is 2.68. The highest BCUT2D eigenvalue weighted by molar-refractivity contribution is 5.79. The molecule has 1 amide bonds. The van der Waals surface area contributed by atoms with Crippen molar-refractivity contribution in [2.75, 3.05) is 26.2 Å². The minimum Gasteiger partial charge on any atom is -0.343 e. The molecule has 6 heteroatoms. The van der Waals surface area contributed by atoms with Gasteiger partial charge < -0.3 is 4.90 Å². The molecular weight excluding hydrogens is 294 g/mol. The van der Waals surface area contributed by atoms with Gasteiger partial charge in [0, 0.05) is 38.3 Å². The molecule has 0 unspecified atom stereocenters. The van der Waals surface area contributed by atoms with Crippen LogP contribution < -0.4 is 0 Å². The molecule has 126 valence electrons. The number of piperidine rings is 1. The van der Waals surface area contributed by atoms with E-state index in [0.29, 0.717) is 6.54 Å². The van der Waals surface area contributed by atoms with Crippen molar-refractivity contribution in [3.63, 3.8) is 0 Å². The fraction of sp³-hybridized carbons (Fsp3) is 0.588. The third-order valence-corrected chi connectivity index (χ3v) is 4.46. The first-order chi connectivity index (χ1) is 11.0. The van der Waals surface area contributed by atoms with Crippen LogP contribution in [0.3, 0.4) is 0 Å². The summed E-state index contributed by atoms with van der Waals surface area (Å²) in [5.74, 6) is 0.279. The number of hydrogen-bond donors (Lipinski definition) is 0. The average molecular weight is 319 g/mol. The van der Waals surface area contributed by atoms with Crippen LogP contribution in [0.5, 0.6) is 0 Å². The first-order valence-electron chi connectivity index (χ1n) is 8.29. The number of rotatable bonds is 6. The molecule has 0 aliphatic carbocycles. The van der Waals surface area contributed by atoms with Gasteiger partial charge in [0.05, 0.1) is 10.8 Å². The molecule has 6 nitrogen and oxygen atoms in total. The summed E-state index contributed by atoms with van der Waals surface area (Å²) in [7, 11) is 0. The normalized spacial score (nSPS) is 18.6. The van der Waals surface area contributed by atoms with E-state index in [9.17, 15) is 14.9 Å². The van der Waals surface area contributed by atoms with Crippen LogP contribution in [-0.2, 0) is 11.3 Å². The van der Waals surface area contributed by atoms with E-state index >= 15 is 0 Å². The molecule has 0 radical (unpaired) electrons. The molecule has 0 aromatic heterocycles.